The quantitative estimate of drug-likeness (QED) is 0.543. The summed E-state index contributed by atoms with van der Waals surface area (Å²) >= 11 is 0. The molecule has 0 aliphatic heterocycles. The van der Waals surface area contributed by atoms with E-state index in [-0.39, 0.29) is 0 Å². The maximum absolute atomic E-state index is 5.67. The predicted molar refractivity (Wildman–Crippen MR) is 78.1 cm³/mol. The summed E-state index contributed by atoms with van der Waals surface area (Å²) in [5, 5.41) is 3.45. The van der Waals surface area contributed by atoms with Gasteiger partial charge in [0.2, 0.25) is 0 Å². The molecule has 18 heavy (non-hydrogen) atoms. The summed E-state index contributed by atoms with van der Waals surface area (Å²) in [6.45, 7) is 8.50. The van der Waals surface area contributed by atoms with Crippen molar-refractivity contribution < 1.29 is 4.74 Å². The van der Waals surface area contributed by atoms with Gasteiger partial charge >= 0.3 is 0 Å². The smallest absolute Gasteiger partial charge is 0.0593 e. The first-order valence-electron chi connectivity index (χ1n) is 7.71. The van der Waals surface area contributed by atoms with Crippen LogP contribution in [-0.4, -0.2) is 50.3 Å². The molecule has 1 saturated carbocycles. The lowest BCUT2D eigenvalue weighted by Gasteiger charge is -2.15. The third-order valence-electron chi connectivity index (χ3n) is 3.53. The zero-order valence-electron chi connectivity index (χ0n) is 12.6. The molecule has 0 aromatic heterocycles. The minimum Gasteiger partial charge on any atom is -0.380 e. The molecular weight excluding hydrogens is 224 g/mol. The summed E-state index contributed by atoms with van der Waals surface area (Å²) in [5.74, 6) is 0. The van der Waals surface area contributed by atoms with Gasteiger partial charge in [-0.3, -0.25) is 0 Å². The first-order chi connectivity index (χ1) is 8.70. The molecule has 0 aromatic rings. The lowest BCUT2D eigenvalue weighted by Crippen LogP contribution is -2.25. The summed E-state index contributed by atoms with van der Waals surface area (Å²) in [4.78, 5) is 2.43. The van der Waals surface area contributed by atoms with E-state index in [0.717, 1.165) is 32.3 Å². The number of likely N-dealkylation sites (N-methyl/N-ethyl adjacent to an activating group) is 1. The Morgan fingerprint density at radius 3 is 2.50 bits per heavy atom. The summed E-state index contributed by atoms with van der Waals surface area (Å²) in [6, 6.07) is 1.49. The topological polar surface area (TPSA) is 24.5 Å². The number of hydrogen-bond donors (Lipinski definition) is 1. The Hall–Kier alpha value is -0.120. The molecule has 0 bridgehead atoms. The molecule has 0 saturated heterocycles. The molecule has 1 N–H and O–H groups in total. The zero-order valence-corrected chi connectivity index (χ0v) is 12.6. The van der Waals surface area contributed by atoms with Gasteiger partial charge in [0, 0.05) is 25.2 Å². The Morgan fingerprint density at radius 1 is 1.11 bits per heavy atom. The second kappa shape index (κ2) is 9.76. The minimum absolute atomic E-state index is 0.622. The second-order valence-corrected chi connectivity index (χ2v) is 5.85. The predicted octanol–water partition coefficient (Wildman–Crippen LogP) is 2.66. The van der Waals surface area contributed by atoms with Crippen molar-refractivity contribution in [3.8, 4) is 0 Å². The number of rotatable bonds is 12. The fourth-order valence-electron chi connectivity index (χ4n) is 2.08. The van der Waals surface area contributed by atoms with Crippen LogP contribution in [0.3, 0.4) is 0 Å². The van der Waals surface area contributed by atoms with Crippen molar-refractivity contribution >= 4 is 0 Å². The molecule has 1 fully saturated rings. The second-order valence-electron chi connectivity index (χ2n) is 5.85. The number of unbranched alkanes of at least 4 members (excludes halogenated alkanes) is 3. The molecule has 0 radical (unpaired) electrons. The molecule has 1 aliphatic rings. The van der Waals surface area contributed by atoms with Gasteiger partial charge in [0.15, 0.2) is 0 Å². The van der Waals surface area contributed by atoms with Crippen molar-refractivity contribution in [3.63, 3.8) is 0 Å². The molecule has 3 nitrogen and oxygen atoms in total. The van der Waals surface area contributed by atoms with Gasteiger partial charge in [-0.25, -0.2) is 0 Å². The van der Waals surface area contributed by atoms with Crippen LogP contribution in [0.1, 0.15) is 52.4 Å². The SMILES string of the molecule is CC(C)NCCCCCCOCCN(C)C1CC1. The van der Waals surface area contributed by atoms with Crippen molar-refractivity contribution in [1.29, 1.82) is 0 Å². The van der Waals surface area contributed by atoms with Crippen LogP contribution >= 0.6 is 0 Å². The third-order valence-corrected chi connectivity index (χ3v) is 3.53. The van der Waals surface area contributed by atoms with E-state index in [1.54, 1.807) is 0 Å². The molecular formula is C15H32N2O. The van der Waals surface area contributed by atoms with Gasteiger partial charge in [-0.1, -0.05) is 26.7 Å². The number of nitrogens with zero attached hydrogens (tertiary/aromatic N) is 1. The van der Waals surface area contributed by atoms with Crippen LogP contribution in [0.25, 0.3) is 0 Å². The molecule has 0 aromatic carbocycles. The van der Waals surface area contributed by atoms with E-state index in [4.69, 9.17) is 4.74 Å². The zero-order chi connectivity index (χ0) is 13.2. The molecule has 1 aliphatic carbocycles. The fraction of sp³-hybridized carbons (Fsp3) is 1.00. The number of ether oxygens (including phenoxy) is 1. The van der Waals surface area contributed by atoms with Crippen molar-refractivity contribution in [2.24, 2.45) is 0 Å². The lowest BCUT2D eigenvalue weighted by molar-refractivity contribution is 0.106. The van der Waals surface area contributed by atoms with Crippen LogP contribution in [0.15, 0.2) is 0 Å². The number of hydrogen-bond acceptors (Lipinski definition) is 3. The van der Waals surface area contributed by atoms with Crippen LogP contribution in [0, 0.1) is 0 Å². The normalized spacial score (nSPS) is 15.8. The van der Waals surface area contributed by atoms with E-state index in [1.807, 2.05) is 0 Å². The molecule has 0 unspecified atom stereocenters. The highest BCUT2D eigenvalue weighted by atomic mass is 16.5. The van der Waals surface area contributed by atoms with E-state index in [1.165, 1.54) is 38.5 Å². The average Bonchev–Trinajstić information content (AvgIpc) is 3.14. The summed E-state index contributed by atoms with van der Waals surface area (Å²) in [6.07, 6.45) is 7.92. The van der Waals surface area contributed by atoms with Crippen molar-refractivity contribution in [3.05, 3.63) is 0 Å². The van der Waals surface area contributed by atoms with Crippen LogP contribution in [0.4, 0.5) is 0 Å². The third kappa shape index (κ3) is 8.90. The first kappa shape index (κ1) is 15.9. The van der Waals surface area contributed by atoms with Crippen LogP contribution in [0.2, 0.25) is 0 Å². The Bertz CT molecular complexity index is 193. The Balaban J connectivity index is 1.70. The minimum atomic E-state index is 0.622. The molecule has 1 rings (SSSR count). The largest absolute Gasteiger partial charge is 0.380 e. The van der Waals surface area contributed by atoms with E-state index < -0.39 is 0 Å². The van der Waals surface area contributed by atoms with E-state index >= 15 is 0 Å². The monoisotopic (exact) mass is 256 g/mol. The van der Waals surface area contributed by atoms with Gasteiger partial charge < -0.3 is 15.0 Å². The molecule has 0 amide bonds. The molecule has 3 heteroatoms. The highest BCUT2D eigenvalue weighted by molar-refractivity contribution is 4.81. The standard InChI is InChI=1S/C15H32N2O/c1-14(2)16-10-6-4-5-7-12-18-13-11-17(3)15-8-9-15/h14-16H,4-13H2,1-3H3. The Labute approximate surface area is 113 Å². The first-order valence-corrected chi connectivity index (χ1v) is 7.71. The molecule has 0 heterocycles. The van der Waals surface area contributed by atoms with E-state index in [9.17, 15) is 0 Å². The van der Waals surface area contributed by atoms with Crippen LogP contribution < -0.4 is 5.32 Å². The van der Waals surface area contributed by atoms with Crippen molar-refractivity contribution in [2.45, 2.75) is 64.5 Å². The number of nitrogens with one attached hydrogen (secondary N) is 1. The van der Waals surface area contributed by atoms with E-state index in [0.29, 0.717) is 6.04 Å². The fourth-order valence-corrected chi connectivity index (χ4v) is 2.08. The van der Waals surface area contributed by atoms with Crippen LogP contribution in [0.5, 0.6) is 0 Å². The lowest BCUT2D eigenvalue weighted by atomic mass is 10.2. The van der Waals surface area contributed by atoms with Crippen molar-refractivity contribution in [1.82, 2.24) is 10.2 Å². The van der Waals surface area contributed by atoms with Crippen molar-refractivity contribution in [2.75, 3.05) is 33.4 Å². The van der Waals surface area contributed by atoms with E-state index in [2.05, 4.69) is 31.1 Å². The van der Waals surface area contributed by atoms with Gasteiger partial charge in [0.25, 0.3) is 0 Å². The summed E-state index contributed by atoms with van der Waals surface area (Å²) in [5.41, 5.74) is 0. The van der Waals surface area contributed by atoms with Gasteiger partial charge in [-0.15, -0.1) is 0 Å². The van der Waals surface area contributed by atoms with Gasteiger partial charge in [-0.2, -0.15) is 0 Å². The summed E-state index contributed by atoms with van der Waals surface area (Å²) < 4.78 is 5.67. The summed E-state index contributed by atoms with van der Waals surface area (Å²) in [7, 11) is 2.21. The van der Waals surface area contributed by atoms with Crippen LogP contribution in [-0.2, 0) is 4.74 Å². The maximum atomic E-state index is 5.67. The molecule has 0 atom stereocenters. The Kier molecular flexibility index (Phi) is 8.64. The average molecular weight is 256 g/mol. The van der Waals surface area contributed by atoms with Gasteiger partial charge in [0.05, 0.1) is 6.61 Å². The highest BCUT2D eigenvalue weighted by Crippen LogP contribution is 2.24. The highest BCUT2D eigenvalue weighted by Gasteiger charge is 2.25. The molecule has 0 spiro atoms. The Morgan fingerprint density at radius 2 is 1.83 bits per heavy atom. The van der Waals surface area contributed by atoms with Gasteiger partial charge in [0.1, 0.15) is 0 Å². The molecule has 108 valence electrons. The maximum Gasteiger partial charge on any atom is 0.0593 e. The van der Waals surface area contributed by atoms with Gasteiger partial charge in [-0.05, 0) is 39.3 Å².